The highest BCUT2D eigenvalue weighted by Crippen LogP contribution is 2.25. The Labute approximate surface area is 191 Å². The van der Waals surface area contributed by atoms with Crippen molar-refractivity contribution in [2.75, 3.05) is 31.5 Å². The molecule has 0 bridgehead atoms. The average molecular weight is 433 g/mol. The Balaban J connectivity index is 2.34. The van der Waals surface area contributed by atoms with E-state index in [9.17, 15) is 5.26 Å². The fraction of sp³-hybridized carbons (Fsp3) is 0.308. The van der Waals surface area contributed by atoms with E-state index >= 15 is 0 Å². The Morgan fingerprint density at radius 1 is 1.28 bits per heavy atom. The van der Waals surface area contributed by atoms with Gasteiger partial charge in [-0.1, -0.05) is 30.4 Å². The van der Waals surface area contributed by atoms with E-state index in [1.165, 1.54) is 0 Å². The number of ether oxygens (including phenoxy) is 2. The summed E-state index contributed by atoms with van der Waals surface area (Å²) in [6.45, 7) is 6.48. The normalized spacial score (nSPS) is 18.6. The van der Waals surface area contributed by atoms with E-state index in [0.717, 1.165) is 23.4 Å². The minimum Gasteiger partial charge on any atom is -0.384 e. The Hall–Kier alpha value is -3.40. The molecule has 1 aromatic heterocycles. The molecule has 0 aliphatic heterocycles. The smallest absolute Gasteiger partial charge is 0.151 e. The molecular weight excluding hydrogens is 400 g/mol. The quantitative estimate of drug-likeness (QED) is 0.373. The summed E-state index contributed by atoms with van der Waals surface area (Å²) in [5.74, 6) is 1.14. The molecule has 1 unspecified atom stereocenters. The lowest BCUT2D eigenvalue weighted by atomic mass is 10.1. The molecule has 0 radical (unpaired) electrons. The molecule has 2 N–H and O–H groups in total. The van der Waals surface area contributed by atoms with E-state index in [-0.39, 0.29) is 0 Å². The van der Waals surface area contributed by atoms with Gasteiger partial charge < -0.3 is 20.1 Å². The van der Waals surface area contributed by atoms with Crippen LogP contribution in [-0.4, -0.2) is 31.4 Å². The highest BCUT2D eigenvalue weighted by Gasteiger charge is 2.17. The second-order valence-corrected chi connectivity index (χ2v) is 7.44. The molecule has 6 heteroatoms. The van der Waals surface area contributed by atoms with Gasteiger partial charge in [0.2, 0.25) is 0 Å². The maximum Gasteiger partial charge on any atom is 0.151 e. The number of rotatable bonds is 10. The van der Waals surface area contributed by atoms with Gasteiger partial charge in [-0.15, -0.1) is 0 Å². The summed E-state index contributed by atoms with van der Waals surface area (Å²) in [4.78, 5) is 4.68. The molecule has 1 heterocycles. The molecule has 1 aliphatic rings. The second kappa shape index (κ2) is 12.5. The average Bonchev–Trinajstić information content (AvgIpc) is 2.96. The van der Waals surface area contributed by atoms with Gasteiger partial charge in [-0.2, -0.15) is 5.26 Å². The lowest BCUT2D eigenvalue weighted by molar-refractivity contribution is 0.0908. The monoisotopic (exact) mass is 432 g/mol. The summed E-state index contributed by atoms with van der Waals surface area (Å²) in [6.07, 6.45) is 20.4. The molecule has 0 saturated heterocycles. The van der Waals surface area contributed by atoms with Gasteiger partial charge >= 0.3 is 0 Å². The lowest BCUT2D eigenvalue weighted by Crippen LogP contribution is -2.20. The van der Waals surface area contributed by atoms with Gasteiger partial charge in [0, 0.05) is 32.2 Å². The molecule has 1 atom stereocenters. The van der Waals surface area contributed by atoms with Crippen molar-refractivity contribution >= 4 is 11.6 Å². The zero-order valence-electron chi connectivity index (χ0n) is 19.5. The van der Waals surface area contributed by atoms with Crippen molar-refractivity contribution in [3.63, 3.8) is 0 Å². The van der Waals surface area contributed by atoms with Crippen LogP contribution in [0.15, 0.2) is 78.2 Å². The maximum atomic E-state index is 9.70. The Morgan fingerprint density at radius 2 is 2.09 bits per heavy atom. The largest absolute Gasteiger partial charge is 0.384 e. The number of nitriles is 1. The summed E-state index contributed by atoms with van der Waals surface area (Å²) in [5.41, 5.74) is 2.56. The van der Waals surface area contributed by atoms with Gasteiger partial charge in [-0.25, -0.2) is 4.98 Å². The molecule has 0 fully saturated rings. The maximum absolute atomic E-state index is 9.70. The third kappa shape index (κ3) is 7.38. The number of allylic oxidation sites excluding steroid dienone is 7. The molecule has 1 aromatic rings. The van der Waals surface area contributed by atoms with Gasteiger partial charge in [-0.3, -0.25) is 0 Å². The van der Waals surface area contributed by atoms with E-state index in [1.54, 1.807) is 14.2 Å². The van der Waals surface area contributed by atoms with Crippen molar-refractivity contribution in [3.05, 3.63) is 89.3 Å². The number of anilines is 2. The molecule has 0 saturated carbocycles. The van der Waals surface area contributed by atoms with Gasteiger partial charge in [0.1, 0.15) is 17.5 Å². The summed E-state index contributed by atoms with van der Waals surface area (Å²) in [7, 11) is 3.35. The topological polar surface area (TPSA) is 79.2 Å². The standard InChI is InChI=1S/C26H32N4O2/c1-6-7-8-11-21(13-10-17-31-4)28-24-18-20(2)23(19-27)25(30-24)29-22-12-9-15-26(3,32-5)16-14-22/h6-9,11-16,18H,10,17H2,1-5H3,(H2,28,29,30)/b7-6-,11-8-,21-13+. The lowest BCUT2D eigenvalue weighted by Gasteiger charge is -2.18. The van der Waals surface area contributed by atoms with Crippen LogP contribution in [0.3, 0.4) is 0 Å². The number of pyridine rings is 1. The Morgan fingerprint density at radius 3 is 2.78 bits per heavy atom. The zero-order chi connectivity index (χ0) is 23.4. The molecular formula is C26H32N4O2. The van der Waals surface area contributed by atoms with Gasteiger partial charge in [0.15, 0.2) is 5.82 Å². The van der Waals surface area contributed by atoms with E-state index in [4.69, 9.17) is 9.47 Å². The minimum absolute atomic E-state index is 0.480. The molecule has 1 aliphatic carbocycles. The molecule has 0 aromatic carbocycles. The summed E-state index contributed by atoms with van der Waals surface area (Å²) >= 11 is 0. The number of aromatic nitrogens is 1. The number of hydrogen-bond acceptors (Lipinski definition) is 6. The summed E-state index contributed by atoms with van der Waals surface area (Å²) < 4.78 is 10.7. The van der Waals surface area contributed by atoms with Crippen molar-refractivity contribution < 1.29 is 9.47 Å². The molecule has 2 rings (SSSR count). The van der Waals surface area contributed by atoms with Gasteiger partial charge in [0.25, 0.3) is 0 Å². The van der Waals surface area contributed by atoms with Gasteiger partial charge in [0.05, 0.1) is 5.56 Å². The van der Waals surface area contributed by atoms with Crippen molar-refractivity contribution in [3.8, 4) is 6.07 Å². The molecule has 168 valence electrons. The summed E-state index contributed by atoms with van der Waals surface area (Å²) in [6, 6.07) is 4.13. The van der Waals surface area contributed by atoms with E-state index < -0.39 is 5.60 Å². The Kier molecular flexibility index (Phi) is 9.68. The van der Waals surface area contributed by atoms with Crippen LogP contribution in [0.25, 0.3) is 0 Å². The third-order valence-electron chi connectivity index (χ3n) is 4.87. The highest BCUT2D eigenvalue weighted by molar-refractivity contribution is 5.65. The van der Waals surface area contributed by atoms with Crippen LogP contribution < -0.4 is 10.6 Å². The number of methoxy groups -OCH3 is 2. The molecule has 0 spiro atoms. The zero-order valence-corrected chi connectivity index (χ0v) is 19.5. The third-order valence-corrected chi connectivity index (χ3v) is 4.87. The van der Waals surface area contributed by atoms with E-state index in [2.05, 4.69) is 27.8 Å². The van der Waals surface area contributed by atoms with Crippen LogP contribution in [0.4, 0.5) is 11.6 Å². The second-order valence-electron chi connectivity index (χ2n) is 7.44. The van der Waals surface area contributed by atoms with Crippen LogP contribution in [0.5, 0.6) is 0 Å². The van der Waals surface area contributed by atoms with E-state index in [0.29, 0.717) is 23.8 Å². The van der Waals surface area contributed by atoms with Crippen LogP contribution in [-0.2, 0) is 9.47 Å². The fourth-order valence-electron chi connectivity index (χ4n) is 2.94. The van der Waals surface area contributed by atoms with Crippen LogP contribution >= 0.6 is 0 Å². The number of nitrogens with zero attached hydrogens (tertiary/aromatic N) is 2. The first-order chi connectivity index (χ1) is 15.4. The first kappa shape index (κ1) is 24.9. The minimum atomic E-state index is -0.480. The van der Waals surface area contributed by atoms with Crippen molar-refractivity contribution in [2.24, 2.45) is 0 Å². The van der Waals surface area contributed by atoms with Crippen molar-refractivity contribution in [1.82, 2.24) is 4.98 Å². The molecule has 32 heavy (non-hydrogen) atoms. The predicted molar refractivity (Wildman–Crippen MR) is 131 cm³/mol. The molecule has 0 amide bonds. The SMILES string of the molecule is C\C=C/C=C\C(=C/CCOC)Nc1cc(C)c(C#N)c(NC2=CC=CC(C)(OC)C=C2)n1. The molecule has 6 nitrogen and oxygen atoms in total. The number of aryl methyl sites for hydroxylation is 1. The fourth-order valence-corrected chi connectivity index (χ4v) is 2.94. The predicted octanol–water partition coefficient (Wildman–Crippen LogP) is 5.55. The summed E-state index contributed by atoms with van der Waals surface area (Å²) in [5, 5.41) is 16.3. The van der Waals surface area contributed by atoms with Crippen LogP contribution in [0.2, 0.25) is 0 Å². The highest BCUT2D eigenvalue weighted by atomic mass is 16.5. The van der Waals surface area contributed by atoms with Crippen LogP contribution in [0, 0.1) is 18.3 Å². The first-order valence-corrected chi connectivity index (χ1v) is 10.5. The van der Waals surface area contributed by atoms with Crippen LogP contribution in [0.1, 0.15) is 31.4 Å². The van der Waals surface area contributed by atoms with E-state index in [1.807, 2.05) is 81.5 Å². The van der Waals surface area contributed by atoms with Crippen molar-refractivity contribution in [2.45, 2.75) is 32.8 Å². The Bertz CT molecular complexity index is 1010. The number of hydrogen-bond donors (Lipinski definition) is 2. The van der Waals surface area contributed by atoms with Crippen molar-refractivity contribution in [1.29, 1.82) is 5.26 Å². The first-order valence-electron chi connectivity index (χ1n) is 10.5. The van der Waals surface area contributed by atoms with Gasteiger partial charge in [-0.05, 0) is 69.2 Å². The number of nitrogens with one attached hydrogen (secondary N) is 2.